The van der Waals surface area contributed by atoms with Gasteiger partial charge < -0.3 is 10.1 Å². The highest BCUT2D eigenvalue weighted by atomic mass is 16.5. The molecule has 0 amide bonds. The molecule has 0 spiro atoms. The van der Waals surface area contributed by atoms with Gasteiger partial charge in [0.2, 0.25) is 0 Å². The molecule has 82 valence electrons. The minimum atomic E-state index is -0.210. The Kier molecular flexibility index (Phi) is 7.11. The Labute approximate surface area is 86.5 Å². The van der Waals surface area contributed by atoms with Crippen molar-refractivity contribution in [1.29, 1.82) is 0 Å². The number of carbonyl (C=O) groups is 1. The van der Waals surface area contributed by atoms with Crippen molar-refractivity contribution in [2.45, 2.75) is 32.7 Å². The van der Waals surface area contributed by atoms with Crippen LogP contribution in [-0.4, -0.2) is 25.7 Å². The van der Waals surface area contributed by atoms with Crippen LogP contribution in [0.15, 0.2) is 12.7 Å². The Balaban J connectivity index is 4.21. The zero-order valence-electron chi connectivity index (χ0n) is 9.38. The lowest BCUT2D eigenvalue weighted by Gasteiger charge is -2.21. The smallest absolute Gasteiger partial charge is 0.323 e. The van der Waals surface area contributed by atoms with E-state index in [-0.39, 0.29) is 12.0 Å². The second-order valence-corrected chi connectivity index (χ2v) is 3.46. The van der Waals surface area contributed by atoms with Crippen LogP contribution in [0.25, 0.3) is 0 Å². The van der Waals surface area contributed by atoms with Crippen LogP contribution in [0, 0.1) is 5.92 Å². The van der Waals surface area contributed by atoms with Crippen molar-refractivity contribution in [2.75, 3.05) is 13.7 Å². The van der Waals surface area contributed by atoms with Gasteiger partial charge in [-0.1, -0.05) is 26.3 Å². The summed E-state index contributed by atoms with van der Waals surface area (Å²) in [5.41, 5.74) is 0. The summed E-state index contributed by atoms with van der Waals surface area (Å²) in [7, 11) is 1.42. The van der Waals surface area contributed by atoms with Crippen LogP contribution in [0.4, 0.5) is 0 Å². The van der Waals surface area contributed by atoms with E-state index in [9.17, 15) is 4.79 Å². The Morgan fingerprint density at radius 2 is 2.29 bits per heavy atom. The Hall–Kier alpha value is -0.830. The Bertz CT molecular complexity index is 180. The highest BCUT2D eigenvalue weighted by Crippen LogP contribution is 2.11. The quantitative estimate of drug-likeness (QED) is 0.501. The first-order chi connectivity index (χ1) is 6.67. The lowest BCUT2D eigenvalue weighted by atomic mass is 9.97. The van der Waals surface area contributed by atoms with Gasteiger partial charge >= 0.3 is 5.97 Å². The molecule has 0 aliphatic rings. The van der Waals surface area contributed by atoms with Crippen LogP contribution in [-0.2, 0) is 9.53 Å². The molecule has 0 saturated heterocycles. The molecule has 0 aromatic rings. The van der Waals surface area contributed by atoms with Crippen LogP contribution < -0.4 is 5.32 Å². The van der Waals surface area contributed by atoms with Gasteiger partial charge in [0.05, 0.1) is 7.11 Å². The molecular weight excluding hydrogens is 178 g/mol. The van der Waals surface area contributed by atoms with Crippen molar-refractivity contribution in [3.63, 3.8) is 0 Å². The molecular formula is C11H21NO2. The SMILES string of the molecule is C=CCNC(C(=O)OC)C(C)CCC. The standard InChI is InChI=1S/C11H21NO2/c1-5-7-9(3)10(11(13)14-4)12-8-6-2/h6,9-10,12H,2,5,7-8H2,1,3-4H3. The van der Waals surface area contributed by atoms with E-state index < -0.39 is 0 Å². The molecule has 14 heavy (non-hydrogen) atoms. The van der Waals surface area contributed by atoms with Gasteiger partial charge in [-0.2, -0.15) is 0 Å². The summed E-state index contributed by atoms with van der Waals surface area (Å²) in [5, 5.41) is 3.11. The van der Waals surface area contributed by atoms with Crippen LogP contribution in [0.2, 0.25) is 0 Å². The highest BCUT2D eigenvalue weighted by molar-refractivity contribution is 5.76. The van der Waals surface area contributed by atoms with E-state index in [1.807, 2.05) is 0 Å². The summed E-state index contributed by atoms with van der Waals surface area (Å²) >= 11 is 0. The molecule has 0 bridgehead atoms. The number of rotatable bonds is 7. The van der Waals surface area contributed by atoms with Gasteiger partial charge in [-0.05, 0) is 12.3 Å². The first-order valence-electron chi connectivity index (χ1n) is 5.09. The van der Waals surface area contributed by atoms with Gasteiger partial charge in [0.25, 0.3) is 0 Å². The molecule has 0 aliphatic heterocycles. The molecule has 0 aliphatic carbocycles. The van der Waals surface area contributed by atoms with Crippen molar-refractivity contribution in [1.82, 2.24) is 5.32 Å². The average Bonchev–Trinajstić information content (AvgIpc) is 2.18. The van der Waals surface area contributed by atoms with E-state index in [0.717, 1.165) is 12.8 Å². The lowest BCUT2D eigenvalue weighted by molar-refractivity contribution is -0.144. The monoisotopic (exact) mass is 199 g/mol. The Morgan fingerprint density at radius 1 is 1.64 bits per heavy atom. The van der Waals surface area contributed by atoms with Crippen LogP contribution in [0.3, 0.4) is 0 Å². The zero-order chi connectivity index (χ0) is 11.0. The molecule has 0 rings (SSSR count). The van der Waals surface area contributed by atoms with Crippen LogP contribution in [0.5, 0.6) is 0 Å². The van der Waals surface area contributed by atoms with Crippen molar-refractivity contribution < 1.29 is 9.53 Å². The van der Waals surface area contributed by atoms with E-state index >= 15 is 0 Å². The fourth-order valence-electron chi connectivity index (χ4n) is 1.48. The van der Waals surface area contributed by atoms with Crippen molar-refractivity contribution >= 4 is 5.97 Å². The van der Waals surface area contributed by atoms with Gasteiger partial charge in [0, 0.05) is 6.54 Å². The van der Waals surface area contributed by atoms with Gasteiger partial charge in [0.1, 0.15) is 6.04 Å². The van der Waals surface area contributed by atoms with Crippen molar-refractivity contribution in [3.05, 3.63) is 12.7 Å². The van der Waals surface area contributed by atoms with Crippen molar-refractivity contribution in [3.8, 4) is 0 Å². The number of hydrogen-bond acceptors (Lipinski definition) is 3. The number of hydrogen-bond donors (Lipinski definition) is 1. The molecule has 0 heterocycles. The third-order valence-corrected chi connectivity index (χ3v) is 2.25. The van der Waals surface area contributed by atoms with E-state index in [2.05, 4.69) is 25.7 Å². The lowest BCUT2D eigenvalue weighted by Crippen LogP contribution is -2.42. The molecule has 3 heteroatoms. The molecule has 2 atom stereocenters. The summed E-state index contributed by atoms with van der Waals surface area (Å²) in [5.74, 6) is 0.111. The summed E-state index contributed by atoms with van der Waals surface area (Å²) in [6.07, 6.45) is 3.84. The van der Waals surface area contributed by atoms with E-state index in [4.69, 9.17) is 4.74 Å². The molecule has 1 N–H and O–H groups in total. The van der Waals surface area contributed by atoms with Gasteiger partial charge in [0.15, 0.2) is 0 Å². The van der Waals surface area contributed by atoms with Gasteiger partial charge in [-0.3, -0.25) is 4.79 Å². The molecule has 0 aromatic carbocycles. The molecule has 0 saturated carbocycles. The van der Waals surface area contributed by atoms with Crippen molar-refractivity contribution in [2.24, 2.45) is 5.92 Å². The average molecular weight is 199 g/mol. The predicted molar refractivity (Wildman–Crippen MR) is 58.1 cm³/mol. The van der Waals surface area contributed by atoms with E-state index in [1.165, 1.54) is 7.11 Å². The molecule has 2 unspecified atom stereocenters. The first-order valence-corrected chi connectivity index (χ1v) is 5.09. The highest BCUT2D eigenvalue weighted by Gasteiger charge is 2.23. The number of ether oxygens (including phenoxy) is 1. The summed E-state index contributed by atoms with van der Waals surface area (Å²) in [6.45, 7) is 8.41. The largest absolute Gasteiger partial charge is 0.468 e. The van der Waals surface area contributed by atoms with Crippen LogP contribution in [0.1, 0.15) is 26.7 Å². The fourth-order valence-corrected chi connectivity index (χ4v) is 1.48. The number of esters is 1. The maximum Gasteiger partial charge on any atom is 0.323 e. The summed E-state index contributed by atoms with van der Waals surface area (Å²) < 4.78 is 4.74. The molecule has 0 radical (unpaired) electrons. The predicted octanol–water partition coefficient (Wildman–Crippen LogP) is 1.74. The van der Waals surface area contributed by atoms with Gasteiger partial charge in [-0.25, -0.2) is 0 Å². The molecule has 0 fully saturated rings. The first kappa shape index (κ1) is 13.2. The minimum Gasteiger partial charge on any atom is -0.468 e. The maximum atomic E-state index is 11.4. The summed E-state index contributed by atoms with van der Waals surface area (Å²) in [6, 6.07) is -0.210. The van der Waals surface area contributed by atoms with Crippen LogP contribution >= 0.6 is 0 Å². The summed E-state index contributed by atoms with van der Waals surface area (Å²) in [4.78, 5) is 11.4. The zero-order valence-corrected chi connectivity index (χ0v) is 9.38. The number of nitrogens with one attached hydrogen (secondary N) is 1. The minimum absolute atomic E-state index is 0.187. The molecule has 3 nitrogen and oxygen atoms in total. The Morgan fingerprint density at radius 3 is 2.71 bits per heavy atom. The number of carbonyl (C=O) groups excluding carboxylic acids is 1. The second kappa shape index (κ2) is 7.56. The maximum absolute atomic E-state index is 11.4. The molecule has 0 aromatic heterocycles. The van der Waals surface area contributed by atoms with Gasteiger partial charge in [-0.15, -0.1) is 6.58 Å². The third-order valence-electron chi connectivity index (χ3n) is 2.25. The van der Waals surface area contributed by atoms with E-state index in [0.29, 0.717) is 12.5 Å². The number of methoxy groups -OCH3 is 1. The normalized spacial score (nSPS) is 14.5. The third kappa shape index (κ3) is 4.42. The topological polar surface area (TPSA) is 38.3 Å². The van der Waals surface area contributed by atoms with E-state index in [1.54, 1.807) is 6.08 Å². The second-order valence-electron chi connectivity index (χ2n) is 3.46. The fraction of sp³-hybridized carbons (Fsp3) is 0.727.